The van der Waals surface area contributed by atoms with E-state index in [4.69, 9.17) is 16.3 Å². The number of ketones is 1. The molecule has 0 aliphatic carbocycles. The van der Waals surface area contributed by atoms with Crippen molar-refractivity contribution in [3.05, 3.63) is 81.1 Å². The van der Waals surface area contributed by atoms with Crippen LogP contribution in [0.3, 0.4) is 0 Å². The minimum Gasteiger partial charge on any atom is -0.463 e. The highest BCUT2D eigenvalue weighted by atomic mass is 35.5. The molecule has 2 aromatic carbocycles. The number of hydrogen-bond donors (Lipinski definition) is 1. The summed E-state index contributed by atoms with van der Waals surface area (Å²) in [6.45, 7) is 5.10. The van der Waals surface area contributed by atoms with Gasteiger partial charge >= 0.3 is 0 Å². The van der Waals surface area contributed by atoms with E-state index in [9.17, 15) is 14.4 Å². The van der Waals surface area contributed by atoms with Crippen LogP contribution in [0.4, 0.5) is 5.69 Å². The molecule has 0 aliphatic heterocycles. The van der Waals surface area contributed by atoms with Gasteiger partial charge in [0.15, 0.2) is 11.9 Å². The second-order valence-corrected chi connectivity index (χ2v) is 7.43. The highest BCUT2D eigenvalue weighted by molar-refractivity contribution is 6.30. The number of amides is 1. The fraction of sp³-hybridized carbons (Fsp3) is 0.217. The Balaban J connectivity index is 1.82. The molecule has 3 aromatic rings. The average molecular weight is 440 g/mol. The number of nitrogens with zero attached hydrogens (tertiary/aromatic N) is 2. The molecule has 1 unspecified atom stereocenters. The summed E-state index contributed by atoms with van der Waals surface area (Å²) in [5, 5.41) is 7.48. The van der Waals surface area contributed by atoms with Crippen LogP contribution >= 0.6 is 11.6 Å². The van der Waals surface area contributed by atoms with Crippen LogP contribution in [0.1, 0.15) is 36.2 Å². The summed E-state index contributed by atoms with van der Waals surface area (Å²) in [6.07, 6.45) is -0.477. The predicted molar refractivity (Wildman–Crippen MR) is 119 cm³/mol. The fourth-order valence-electron chi connectivity index (χ4n) is 2.95. The van der Waals surface area contributed by atoms with E-state index in [-0.39, 0.29) is 23.1 Å². The summed E-state index contributed by atoms with van der Waals surface area (Å²) >= 11 is 6.07. The number of nitrogens with one attached hydrogen (secondary N) is 1. The van der Waals surface area contributed by atoms with E-state index in [0.717, 1.165) is 5.56 Å². The van der Waals surface area contributed by atoms with Crippen LogP contribution in [-0.2, 0) is 4.79 Å². The van der Waals surface area contributed by atoms with Gasteiger partial charge in [0.2, 0.25) is 5.88 Å². The fourth-order valence-corrected chi connectivity index (χ4v) is 3.11. The van der Waals surface area contributed by atoms with Crippen molar-refractivity contribution < 1.29 is 14.3 Å². The quantitative estimate of drug-likeness (QED) is 0.557. The Kier molecular flexibility index (Phi) is 6.87. The maximum absolute atomic E-state index is 12.7. The van der Waals surface area contributed by atoms with E-state index < -0.39 is 6.10 Å². The molecule has 7 nitrogen and oxygen atoms in total. The number of ether oxygens (including phenoxy) is 1. The number of carbonyl (C=O) groups excluding carboxylic acids is 2. The lowest BCUT2D eigenvalue weighted by molar-refractivity contribution is -0.123. The van der Waals surface area contributed by atoms with E-state index in [0.29, 0.717) is 28.4 Å². The number of aromatic nitrogens is 2. The highest BCUT2D eigenvalue weighted by Gasteiger charge is 2.20. The summed E-state index contributed by atoms with van der Waals surface area (Å²) in [5.74, 6) is -0.359. The Morgan fingerprint density at radius 3 is 2.65 bits per heavy atom. The molecule has 1 amide bonds. The zero-order valence-electron chi connectivity index (χ0n) is 17.4. The van der Waals surface area contributed by atoms with Crippen molar-refractivity contribution in [1.82, 2.24) is 9.78 Å². The van der Waals surface area contributed by atoms with Gasteiger partial charge in [-0.15, -0.1) is 5.10 Å². The minimum atomic E-state index is -0.847. The molecule has 0 saturated heterocycles. The van der Waals surface area contributed by atoms with Gasteiger partial charge in [0.25, 0.3) is 11.5 Å². The summed E-state index contributed by atoms with van der Waals surface area (Å²) < 4.78 is 6.97. The van der Waals surface area contributed by atoms with Crippen molar-refractivity contribution in [3.8, 4) is 11.6 Å². The topological polar surface area (TPSA) is 90.3 Å². The average Bonchev–Trinajstić information content (AvgIpc) is 2.75. The van der Waals surface area contributed by atoms with Gasteiger partial charge in [-0.3, -0.25) is 14.4 Å². The molecule has 1 aromatic heterocycles. The van der Waals surface area contributed by atoms with E-state index >= 15 is 0 Å². The number of Topliss-reactive ketones (excluding diaryl/α,β-unsaturated/α-hetero) is 1. The molecule has 8 heteroatoms. The summed E-state index contributed by atoms with van der Waals surface area (Å²) in [5.41, 5.74) is 1.98. The Labute approximate surface area is 184 Å². The second kappa shape index (κ2) is 9.57. The molecule has 0 bridgehead atoms. The molecule has 0 fully saturated rings. The Morgan fingerprint density at radius 2 is 1.94 bits per heavy atom. The first-order chi connectivity index (χ1) is 14.8. The molecule has 1 heterocycles. The van der Waals surface area contributed by atoms with Crippen LogP contribution < -0.4 is 15.6 Å². The lowest BCUT2D eigenvalue weighted by Gasteiger charge is -2.17. The highest BCUT2D eigenvalue weighted by Crippen LogP contribution is 2.19. The molecule has 31 heavy (non-hydrogen) atoms. The molecular formula is C23H22ClN3O4. The lowest BCUT2D eigenvalue weighted by atomic mass is 10.1. The molecule has 0 saturated carbocycles. The van der Waals surface area contributed by atoms with Gasteiger partial charge in [0, 0.05) is 28.4 Å². The van der Waals surface area contributed by atoms with Crippen LogP contribution in [0.5, 0.6) is 5.88 Å². The van der Waals surface area contributed by atoms with Crippen molar-refractivity contribution >= 4 is 29.0 Å². The van der Waals surface area contributed by atoms with Gasteiger partial charge in [-0.1, -0.05) is 36.7 Å². The smallest absolute Gasteiger partial charge is 0.271 e. The van der Waals surface area contributed by atoms with Crippen molar-refractivity contribution in [1.29, 1.82) is 0 Å². The number of halogens is 1. The van der Waals surface area contributed by atoms with Gasteiger partial charge in [-0.25, -0.2) is 0 Å². The van der Waals surface area contributed by atoms with E-state index in [1.165, 1.54) is 23.7 Å². The number of aryl methyl sites for hydroxylation is 1. The predicted octanol–water partition coefficient (Wildman–Crippen LogP) is 4.19. The largest absolute Gasteiger partial charge is 0.463 e. The van der Waals surface area contributed by atoms with Gasteiger partial charge < -0.3 is 10.1 Å². The van der Waals surface area contributed by atoms with Crippen molar-refractivity contribution in [2.45, 2.75) is 33.3 Å². The SMILES string of the molecule is CCC(Oc1ccc(=O)n(-c2cc(Cl)ccc2C)n1)C(=O)Nc1cccc(C(C)=O)c1. The molecule has 0 aliphatic rings. The summed E-state index contributed by atoms with van der Waals surface area (Å²) in [6, 6.07) is 14.6. The van der Waals surface area contributed by atoms with E-state index in [1.807, 2.05) is 6.92 Å². The standard InChI is InChI=1S/C23H22ClN3O4/c1-4-20(23(30)25-18-7-5-6-16(12-18)15(3)28)31-21-10-11-22(29)27(26-21)19-13-17(24)9-8-14(19)2/h5-13,20H,4H2,1-3H3,(H,25,30). The molecule has 1 N–H and O–H groups in total. The first-order valence-corrected chi connectivity index (χ1v) is 10.1. The van der Waals surface area contributed by atoms with E-state index in [2.05, 4.69) is 10.4 Å². The zero-order chi connectivity index (χ0) is 22.5. The molecule has 3 rings (SSSR count). The molecule has 0 radical (unpaired) electrons. The monoisotopic (exact) mass is 439 g/mol. The van der Waals surface area contributed by atoms with E-state index in [1.54, 1.807) is 49.4 Å². The Morgan fingerprint density at radius 1 is 1.16 bits per heavy atom. The number of benzene rings is 2. The minimum absolute atomic E-state index is 0.0952. The molecule has 0 spiro atoms. The van der Waals surface area contributed by atoms with Crippen molar-refractivity contribution in [3.63, 3.8) is 0 Å². The number of rotatable bonds is 7. The van der Waals surface area contributed by atoms with Gasteiger partial charge in [0.1, 0.15) is 0 Å². The number of hydrogen-bond acceptors (Lipinski definition) is 5. The maximum Gasteiger partial charge on any atom is 0.271 e. The lowest BCUT2D eigenvalue weighted by Crippen LogP contribution is -2.33. The molecule has 160 valence electrons. The van der Waals surface area contributed by atoms with Crippen LogP contribution in [-0.4, -0.2) is 27.6 Å². The molecular weight excluding hydrogens is 418 g/mol. The second-order valence-electron chi connectivity index (χ2n) is 6.99. The Hall–Kier alpha value is -3.45. The summed E-state index contributed by atoms with van der Waals surface area (Å²) in [4.78, 5) is 36.6. The zero-order valence-corrected chi connectivity index (χ0v) is 18.1. The normalized spacial score (nSPS) is 11.6. The Bertz CT molecular complexity index is 1190. The maximum atomic E-state index is 12.7. The first-order valence-electron chi connectivity index (χ1n) is 9.74. The van der Waals surface area contributed by atoms with Gasteiger partial charge in [-0.2, -0.15) is 4.68 Å². The number of carbonyl (C=O) groups is 2. The third kappa shape index (κ3) is 5.38. The van der Waals surface area contributed by atoms with Gasteiger partial charge in [-0.05, 0) is 50.1 Å². The van der Waals surface area contributed by atoms with Crippen LogP contribution in [0.25, 0.3) is 5.69 Å². The van der Waals surface area contributed by atoms with Crippen molar-refractivity contribution in [2.75, 3.05) is 5.32 Å². The third-order valence-electron chi connectivity index (χ3n) is 4.64. The van der Waals surface area contributed by atoms with Crippen LogP contribution in [0.2, 0.25) is 5.02 Å². The van der Waals surface area contributed by atoms with Crippen LogP contribution in [0.15, 0.2) is 59.4 Å². The third-order valence-corrected chi connectivity index (χ3v) is 4.87. The summed E-state index contributed by atoms with van der Waals surface area (Å²) in [7, 11) is 0. The van der Waals surface area contributed by atoms with Crippen molar-refractivity contribution in [2.24, 2.45) is 0 Å². The molecule has 1 atom stereocenters. The number of anilines is 1. The van der Waals surface area contributed by atoms with Crippen LogP contribution in [0, 0.1) is 6.92 Å². The van der Waals surface area contributed by atoms with Gasteiger partial charge in [0.05, 0.1) is 5.69 Å². The first kappa shape index (κ1) is 22.2.